The summed E-state index contributed by atoms with van der Waals surface area (Å²) in [5.41, 5.74) is 5.54. The Hall–Kier alpha value is -3.11. The third kappa shape index (κ3) is 7.43. The number of hydrogen-bond acceptors (Lipinski definition) is 7. The standard InChI is InChI=1S/C26H32N2O6S/c1-17-12-22(20-6-4-19(16-29)5-7-20)13-18(2)26(17)34-11-10-27-15-25(31)21-8-9-24(30)23(14-21)28-35(3,32)33/h4-9,12-14,25,27-31H,10-11,15-16H2,1-3H3. The lowest BCUT2D eigenvalue weighted by molar-refractivity contribution is 0.172. The Morgan fingerprint density at radius 1 is 0.971 bits per heavy atom. The molecule has 1 unspecified atom stereocenters. The fourth-order valence-electron chi connectivity index (χ4n) is 3.77. The van der Waals surface area contributed by atoms with Crippen LogP contribution in [0.4, 0.5) is 5.69 Å². The maximum atomic E-state index is 11.4. The molecule has 188 valence electrons. The lowest BCUT2D eigenvalue weighted by atomic mass is 9.99. The largest absolute Gasteiger partial charge is 0.506 e. The van der Waals surface area contributed by atoms with Crippen LogP contribution in [0.2, 0.25) is 0 Å². The van der Waals surface area contributed by atoms with E-state index in [0.29, 0.717) is 18.7 Å². The van der Waals surface area contributed by atoms with Crippen LogP contribution in [0.25, 0.3) is 11.1 Å². The highest BCUT2D eigenvalue weighted by atomic mass is 32.2. The zero-order chi connectivity index (χ0) is 25.6. The number of phenolic OH excluding ortho intramolecular Hbond substituents is 1. The van der Waals surface area contributed by atoms with Gasteiger partial charge in [-0.2, -0.15) is 0 Å². The van der Waals surface area contributed by atoms with Gasteiger partial charge in [0.25, 0.3) is 0 Å². The van der Waals surface area contributed by atoms with Crippen LogP contribution in [0.3, 0.4) is 0 Å². The number of aromatic hydroxyl groups is 1. The van der Waals surface area contributed by atoms with Crippen molar-refractivity contribution in [1.82, 2.24) is 5.32 Å². The summed E-state index contributed by atoms with van der Waals surface area (Å²) in [5.74, 6) is 0.602. The van der Waals surface area contributed by atoms with Crippen LogP contribution in [-0.4, -0.2) is 49.7 Å². The van der Waals surface area contributed by atoms with Gasteiger partial charge in [-0.15, -0.1) is 0 Å². The maximum Gasteiger partial charge on any atom is 0.229 e. The lowest BCUT2D eigenvalue weighted by Crippen LogP contribution is -2.26. The highest BCUT2D eigenvalue weighted by Crippen LogP contribution is 2.31. The number of rotatable bonds is 11. The number of ether oxygens (including phenoxy) is 1. The topological polar surface area (TPSA) is 128 Å². The van der Waals surface area contributed by atoms with Crippen molar-refractivity contribution >= 4 is 15.7 Å². The van der Waals surface area contributed by atoms with Crippen molar-refractivity contribution < 1.29 is 28.5 Å². The summed E-state index contributed by atoms with van der Waals surface area (Å²) in [6.07, 6.45) is 0.0966. The summed E-state index contributed by atoms with van der Waals surface area (Å²) >= 11 is 0. The Morgan fingerprint density at radius 2 is 1.63 bits per heavy atom. The van der Waals surface area contributed by atoms with Gasteiger partial charge in [0.15, 0.2) is 0 Å². The lowest BCUT2D eigenvalue weighted by Gasteiger charge is -2.16. The second kappa shape index (κ2) is 11.5. The fourth-order valence-corrected chi connectivity index (χ4v) is 4.33. The molecule has 3 aromatic carbocycles. The minimum Gasteiger partial charge on any atom is -0.506 e. The number of benzene rings is 3. The second-order valence-corrected chi connectivity index (χ2v) is 10.3. The summed E-state index contributed by atoms with van der Waals surface area (Å²) in [7, 11) is -3.55. The van der Waals surface area contributed by atoms with Gasteiger partial charge in [-0.05, 0) is 71.5 Å². The first-order valence-corrected chi connectivity index (χ1v) is 13.1. The zero-order valence-electron chi connectivity index (χ0n) is 20.1. The van der Waals surface area contributed by atoms with E-state index in [1.54, 1.807) is 0 Å². The minimum atomic E-state index is -3.55. The third-order valence-electron chi connectivity index (χ3n) is 5.49. The molecule has 1 atom stereocenters. The molecule has 0 aliphatic heterocycles. The van der Waals surface area contributed by atoms with Crippen molar-refractivity contribution in [3.8, 4) is 22.6 Å². The number of anilines is 1. The Morgan fingerprint density at radius 3 is 2.23 bits per heavy atom. The smallest absolute Gasteiger partial charge is 0.229 e. The van der Waals surface area contributed by atoms with E-state index in [4.69, 9.17) is 4.74 Å². The number of nitrogens with one attached hydrogen (secondary N) is 2. The van der Waals surface area contributed by atoms with Crippen LogP contribution in [0.15, 0.2) is 54.6 Å². The van der Waals surface area contributed by atoms with Crippen LogP contribution >= 0.6 is 0 Å². The number of aryl methyl sites for hydroxylation is 2. The highest BCUT2D eigenvalue weighted by Gasteiger charge is 2.13. The van der Waals surface area contributed by atoms with Crippen LogP contribution < -0.4 is 14.8 Å². The molecule has 0 fully saturated rings. The van der Waals surface area contributed by atoms with Gasteiger partial charge in [-0.3, -0.25) is 4.72 Å². The van der Waals surface area contributed by atoms with Crippen molar-refractivity contribution in [3.05, 3.63) is 76.9 Å². The molecule has 0 heterocycles. The molecule has 0 saturated heterocycles. The summed E-state index contributed by atoms with van der Waals surface area (Å²) < 4.78 is 31.1. The molecule has 0 aliphatic carbocycles. The maximum absolute atomic E-state index is 11.4. The van der Waals surface area contributed by atoms with Crippen molar-refractivity contribution in [2.24, 2.45) is 0 Å². The molecule has 0 radical (unpaired) electrons. The number of aliphatic hydroxyl groups is 2. The number of sulfonamides is 1. The van der Waals surface area contributed by atoms with Gasteiger partial charge in [0.05, 0.1) is 24.7 Å². The minimum absolute atomic E-state index is 0.0196. The molecule has 3 aromatic rings. The van der Waals surface area contributed by atoms with E-state index in [-0.39, 0.29) is 24.6 Å². The molecular formula is C26H32N2O6S. The molecule has 35 heavy (non-hydrogen) atoms. The first kappa shape index (κ1) is 26.5. The predicted octanol–water partition coefficient (Wildman–Crippen LogP) is 3.24. The number of hydrogen-bond donors (Lipinski definition) is 5. The van der Waals surface area contributed by atoms with Crippen LogP contribution in [0.1, 0.15) is 28.4 Å². The van der Waals surface area contributed by atoms with E-state index in [2.05, 4.69) is 22.2 Å². The van der Waals surface area contributed by atoms with Crippen molar-refractivity contribution in [2.45, 2.75) is 26.6 Å². The molecule has 0 amide bonds. The molecule has 0 aliphatic rings. The Labute approximate surface area is 206 Å². The van der Waals surface area contributed by atoms with Crippen molar-refractivity contribution in [1.29, 1.82) is 0 Å². The predicted molar refractivity (Wildman–Crippen MR) is 137 cm³/mol. The zero-order valence-corrected chi connectivity index (χ0v) is 20.9. The first-order valence-electron chi connectivity index (χ1n) is 11.2. The first-order chi connectivity index (χ1) is 16.6. The van der Waals surface area contributed by atoms with Crippen LogP contribution in [0.5, 0.6) is 11.5 Å². The SMILES string of the molecule is Cc1cc(-c2ccc(CO)cc2)cc(C)c1OCCNCC(O)c1ccc(O)c(NS(C)(=O)=O)c1. The Kier molecular flexibility index (Phi) is 8.74. The van der Waals surface area contributed by atoms with E-state index in [1.807, 2.05) is 38.1 Å². The molecule has 3 rings (SSSR count). The monoisotopic (exact) mass is 500 g/mol. The summed E-state index contributed by atoms with van der Waals surface area (Å²) in [4.78, 5) is 0. The van der Waals surface area contributed by atoms with Crippen LogP contribution in [0, 0.1) is 13.8 Å². The van der Waals surface area contributed by atoms with Crippen LogP contribution in [-0.2, 0) is 16.6 Å². The molecule has 5 N–H and O–H groups in total. The Bertz CT molecular complexity index is 1240. The van der Waals surface area contributed by atoms with Gasteiger partial charge in [0, 0.05) is 13.1 Å². The average molecular weight is 501 g/mol. The third-order valence-corrected chi connectivity index (χ3v) is 6.08. The molecular weight excluding hydrogens is 468 g/mol. The van der Waals surface area contributed by atoms with Crippen molar-refractivity contribution in [3.63, 3.8) is 0 Å². The summed E-state index contributed by atoms with van der Waals surface area (Å²) in [6, 6.07) is 16.2. The van der Waals surface area contributed by atoms with Gasteiger partial charge < -0.3 is 25.4 Å². The quantitative estimate of drug-likeness (QED) is 0.202. The molecule has 0 aromatic heterocycles. The van der Waals surface area contributed by atoms with E-state index in [0.717, 1.165) is 39.8 Å². The number of phenols is 1. The van der Waals surface area contributed by atoms with E-state index < -0.39 is 16.1 Å². The molecule has 0 spiro atoms. The van der Waals surface area contributed by atoms with E-state index in [1.165, 1.54) is 18.2 Å². The number of aliphatic hydroxyl groups excluding tert-OH is 2. The van der Waals surface area contributed by atoms with Gasteiger partial charge in [0.1, 0.15) is 18.1 Å². The Balaban J connectivity index is 1.53. The van der Waals surface area contributed by atoms with Gasteiger partial charge in [-0.1, -0.05) is 30.3 Å². The molecule has 0 saturated carbocycles. The van der Waals surface area contributed by atoms with Gasteiger partial charge in [-0.25, -0.2) is 8.42 Å². The highest BCUT2D eigenvalue weighted by molar-refractivity contribution is 7.92. The summed E-state index contributed by atoms with van der Waals surface area (Å²) in [6.45, 7) is 5.14. The van der Waals surface area contributed by atoms with Gasteiger partial charge in [0.2, 0.25) is 10.0 Å². The normalized spacial score (nSPS) is 12.4. The van der Waals surface area contributed by atoms with Crippen molar-refractivity contribution in [2.75, 3.05) is 30.7 Å². The fraction of sp³-hybridized carbons (Fsp3) is 0.308. The molecule has 8 nitrogen and oxygen atoms in total. The molecule has 9 heteroatoms. The molecule has 0 bridgehead atoms. The average Bonchev–Trinajstić information content (AvgIpc) is 2.80. The van der Waals surface area contributed by atoms with E-state index >= 15 is 0 Å². The van der Waals surface area contributed by atoms with Gasteiger partial charge >= 0.3 is 0 Å². The summed E-state index contributed by atoms with van der Waals surface area (Å²) in [5, 5.41) is 32.6. The van der Waals surface area contributed by atoms with E-state index in [9.17, 15) is 23.7 Å². The second-order valence-electron chi connectivity index (χ2n) is 8.51.